The molecule has 0 radical (unpaired) electrons. The van der Waals surface area contributed by atoms with Gasteiger partial charge in [-0.15, -0.1) is 24.0 Å². The molecule has 2 aromatic heterocycles. The molecule has 7 nitrogen and oxygen atoms in total. The number of nitrogens with zero attached hydrogens (tertiary/aromatic N) is 4. The second-order valence-corrected chi connectivity index (χ2v) is 7.86. The van der Waals surface area contributed by atoms with Gasteiger partial charge >= 0.3 is 0 Å². The highest BCUT2D eigenvalue weighted by atomic mass is 127. The number of hydrogen-bond donors (Lipinski definition) is 2. The topological polar surface area (TPSA) is 80.3 Å². The number of furan rings is 1. The van der Waals surface area contributed by atoms with Crippen molar-refractivity contribution in [3.63, 3.8) is 0 Å². The summed E-state index contributed by atoms with van der Waals surface area (Å²) < 4.78 is 7.94. The number of fused-ring (bicyclic) bond motifs is 2. The predicted molar refractivity (Wildman–Crippen MR) is 131 cm³/mol. The Morgan fingerprint density at radius 2 is 2.17 bits per heavy atom. The van der Waals surface area contributed by atoms with E-state index in [2.05, 4.69) is 58.3 Å². The van der Waals surface area contributed by atoms with Crippen LogP contribution in [0.4, 0.5) is 0 Å². The van der Waals surface area contributed by atoms with Gasteiger partial charge in [-0.05, 0) is 25.5 Å². The highest BCUT2D eigenvalue weighted by Crippen LogP contribution is 2.19. The number of rotatable bonds is 6. The normalized spacial score (nSPS) is 16.4. The highest BCUT2D eigenvalue weighted by Gasteiger charge is 2.23. The molecule has 0 amide bonds. The van der Waals surface area contributed by atoms with Gasteiger partial charge in [0.15, 0.2) is 11.8 Å². The van der Waals surface area contributed by atoms with E-state index in [0.717, 1.165) is 66.7 Å². The summed E-state index contributed by atoms with van der Waals surface area (Å²) in [6, 6.07) is 10.5. The minimum absolute atomic E-state index is 0. The van der Waals surface area contributed by atoms with Crippen molar-refractivity contribution >= 4 is 40.9 Å². The average Bonchev–Trinajstić information content (AvgIpc) is 3.31. The smallest absolute Gasteiger partial charge is 0.191 e. The Bertz CT molecular complexity index is 960. The first kappa shape index (κ1) is 22.6. The van der Waals surface area contributed by atoms with Crippen LogP contribution in [-0.2, 0) is 19.4 Å². The lowest BCUT2D eigenvalue weighted by atomic mass is 10.1. The quantitative estimate of drug-likeness (QED) is 0.292. The first-order chi connectivity index (χ1) is 14.1. The van der Waals surface area contributed by atoms with Gasteiger partial charge in [0.25, 0.3) is 0 Å². The number of hydrogen-bond acceptors (Lipinski definition) is 4. The molecule has 0 saturated carbocycles. The number of halogens is 1. The van der Waals surface area contributed by atoms with Crippen LogP contribution in [-0.4, -0.2) is 39.9 Å². The Morgan fingerprint density at radius 1 is 1.33 bits per heavy atom. The lowest BCUT2D eigenvalue weighted by Gasteiger charge is -2.25. The van der Waals surface area contributed by atoms with Gasteiger partial charge in [0.1, 0.15) is 17.2 Å². The molecular weight excluding hydrogens is 491 g/mol. The van der Waals surface area contributed by atoms with E-state index in [0.29, 0.717) is 18.5 Å². The number of aliphatic imine (C=N–C) groups is 1. The van der Waals surface area contributed by atoms with Crippen molar-refractivity contribution in [2.75, 3.05) is 13.1 Å². The molecule has 8 heteroatoms. The lowest BCUT2D eigenvalue weighted by molar-refractivity contribution is 0.391. The van der Waals surface area contributed by atoms with Crippen molar-refractivity contribution in [2.24, 2.45) is 4.99 Å². The second-order valence-electron chi connectivity index (χ2n) is 7.86. The van der Waals surface area contributed by atoms with Crippen LogP contribution >= 0.6 is 24.0 Å². The lowest BCUT2D eigenvalue weighted by Crippen LogP contribution is -2.47. The van der Waals surface area contributed by atoms with Gasteiger partial charge in [0.2, 0.25) is 0 Å². The maximum atomic E-state index is 5.89. The highest BCUT2D eigenvalue weighted by molar-refractivity contribution is 14.0. The van der Waals surface area contributed by atoms with Crippen LogP contribution in [0.3, 0.4) is 0 Å². The summed E-state index contributed by atoms with van der Waals surface area (Å²) in [6.45, 7) is 8.68. The number of para-hydroxylation sites is 1. The molecule has 1 atom stereocenters. The molecule has 0 fully saturated rings. The maximum Gasteiger partial charge on any atom is 0.191 e. The van der Waals surface area contributed by atoms with Crippen LogP contribution in [0.15, 0.2) is 39.7 Å². The molecule has 3 heterocycles. The molecule has 1 aromatic carbocycles. The van der Waals surface area contributed by atoms with Crippen molar-refractivity contribution < 1.29 is 4.42 Å². The first-order valence-electron chi connectivity index (χ1n) is 10.6. The van der Waals surface area contributed by atoms with Crippen molar-refractivity contribution in [3.05, 3.63) is 47.7 Å². The van der Waals surface area contributed by atoms with E-state index in [1.807, 2.05) is 18.2 Å². The summed E-state index contributed by atoms with van der Waals surface area (Å²) in [7, 11) is 0. The molecule has 0 spiro atoms. The van der Waals surface area contributed by atoms with Crippen LogP contribution < -0.4 is 10.6 Å². The second kappa shape index (κ2) is 10.3. The summed E-state index contributed by atoms with van der Waals surface area (Å²) in [4.78, 5) is 9.42. The standard InChI is InChI=1S/C22H30N6O.HI/c1-4-23-22(24-12-11-18-13-16-7-5-6-8-19(16)29-18)25-17-9-10-20-26-21(15(2)3)27-28(20)14-17;/h5-8,13,15,17H,4,9-12,14H2,1-3H3,(H2,23,24,25);1H. The van der Waals surface area contributed by atoms with Crippen LogP contribution in [0.5, 0.6) is 0 Å². The third-order valence-electron chi connectivity index (χ3n) is 5.18. The zero-order valence-electron chi connectivity index (χ0n) is 17.9. The molecular formula is C22H31IN6O. The monoisotopic (exact) mass is 522 g/mol. The molecule has 3 aromatic rings. The third-order valence-corrected chi connectivity index (χ3v) is 5.18. The van der Waals surface area contributed by atoms with Crippen molar-refractivity contribution in [1.82, 2.24) is 25.4 Å². The predicted octanol–water partition coefficient (Wildman–Crippen LogP) is 3.88. The van der Waals surface area contributed by atoms with Gasteiger partial charge in [0, 0.05) is 43.3 Å². The summed E-state index contributed by atoms with van der Waals surface area (Å²) in [6.07, 6.45) is 2.75. The van der Waals surface area contributed by atoms with Crippen LogP contribution in [0, 0.1) is 0 Å². The fraction of sp³-hybridized carbons (Fsp3) is 0.500. The SMILES string of the molecule is CCNC(=NCCc1cc2ccccc2o1)NC1CCc2nc(C(C)C)nn2C1.I. The van der Waals surface area contributed by atoms with Crippen molar-refractivity contribution in [1.29, 1.82) is 0 Å². The third kappa shape index (κ3) is 5.33. The van der Waals surface area contributed by atoms with E-state index in [1.54, 1.807) is 0 Å². The van der Waals surface area contributed by atoms with Crippen LogP contribution in [0.25, 0.3) is 11.0 Å². The van der Waals surface area contributed by atoms with Crippen LogP contribution in [0.2, 0.25) is 0 Å². The van der Waals surface area contributed by atoms with Gasteiger partial charge < -0.3 is 15.1 Å². The minimum Gasteiger partial charge on any atom is -0.461 e. The molecule has 2 N–H and O–H groups in total. The van der Waals surface area contributed by atoms with E-state index in [-0.39, 0.29) is 24.0 Å². The van der Waals surface area contributed by atoms with Gasteiger partial charge in [-0.2, -0.15) is 5.10 Å². The van der Waals surface area contributed by atoms with Crippen molar-refractivity contribution in [2.45, 2.75) is 58.5 Å². The molecule has 162 valence electrons. The average molecular weight is 522 g/mol. The van der Waals surface area contributed by atoms with Crippen molar-refractivity contribution in [3.8, 4) is 0 Å². The Balaban J connectivity index is 0.00000256. The zero-order valence-corrected chi connectivity index (χ0v) is 20.2. The fourth-order valence-corrected chi connectivity index (χ4v) is 3.64. The van der Waals surface area contributed by atoms with E-state index in [4.69, 9.17) is 9.41 Å². The van der Waals surface area contributed by atoms with E-state index in [9.17, 15) is 0 Å². The number of aromatic nitrogens is 3. The molecule has 0 bridgehead atoms. The number of guanidine groups is 1. The fourth-order valence-electron chi connectivity index (χ4n) is 3.64. The van der Waals surface area contributed by atoms with Gasteiger partial charge in [-0.3, -0.25) is 4.99 Å². The molecule has 1 aliphatic rings. The Morgan fingerprint density at radius 3 is 2.93 bits per heavy atom. The molecule has 0 aliphatic carbocycles. The summed E-state index contributed by atoms with van der Waals surface area (Å²) in [5, 5.41) is 12.7. The summed E-state index contributed by atoms with van der Waals surface area (Å²) in [5.74, 6) is 4.21. The van der Waals surface area contributed by atoms with Crippen LogP contribution in [0.1, 0.15) is 50.5 Å². The largest absolute Gasteiger partial charge is 0.461 e. The Labute approximate surface area is 194 Å². The molecule has 30 heavy (non-hydrogen) atoms. The number of aryl methyl sites for hydroxylation is 1. The molecule has 1 unspecified atom stereocenters. The zero-order chi connectivity index (χ0) is 20.2. The first-order valence-corrected chi connectivity index (χ1v) is 10.6. The van der Waals surface area contributed by atoms with Gasteiger partial charge in [-0.1, -0.05) is 32.0 Å². The summed E-state index contributed by atoms with van der Waals surface area (Å²) in [5.41, 5.74) is 0.933. The molecule has 4 rings (SSSR count). The van der Waals surface area contributed by atoms with E-state index >= 15 is 0 Å². The number of nitrogens with one attached hydrogen (secondary N) is 2. The maximum absolute atomic E-state index is 5.89. The van der Waals surface area contributed by atoms with E-state index < -0.39 is 0 Å². The molecule has 1 aliphatic heterocycles. The van der Waals surface area contributed by atoms with Gasteiger partial charge in [-0.25, -0.2) is 9.67 Å². The summed E-state index contributed by atoms with van der Waals surface area (Å²) >= 11 is 0. The van der Waals surface area contributed by atoms with Gasteiger partial charge in [0.05, 0.1) is 6.54 Å². The molecule has 0 saturated heterocycles. The van der Waals surface area contributed by atoms with E-state index in [1.165, 1.54) is 0 Å². The Kier molecular flexibility index (Phi) is 7.74. The minimum atomic E-state index is 0. The Hall–Kier alpha value is -2.10. The number of benzene rings is 1.